The Morgan fingerprint density at radius 2 is 1.93 bits per heavy atom. The maximum absolute atomic E-state index is 5.66. The molecule has 3 rings (SSSR count). The molecule has 3 fully saturated rings. The lowest BCUT2D eigenvalue weighted by atomic mass is 9.76. The van der Waals surface area contributed by atoms with Gasteiger partial charge in [0.1, 0.15) is 0 Å². The van der Waals surface area contributed by atoms with Gasteiger partial charge in [-0.15, -0.1) is 0 Å². The maximum Gasteiger partial charge on any atom is 0.0873 e. The lowest BCUT2D eigenvalue weighted by Gasteiger charge is -2.32. The summed E-state index contributed by atoms with van der Waals surface area (Å²) in [6.45, 7) is 4.61. The minimum absolute atomic E-state index is 0.513. The lowest BCUT2D eigenvalue weighted by Crippen LogP contribution is -2.34. The number of hydrogen-bond donors (Lipinski definition) is 0. The Kier molecular flexibility index (Phi) is 1.94. The third-order valence-corrected chi connectivity index (χ3v) is 4.87. The predicted molar refractivity (Wildman–Crippen MR) is 54.0 cm³/mol. The van der Waals surface area contributed by atoms with Crippen LogP contribution in [0.3, 0.4) is 0 Å². The van der Waals surface area contributed by atoms with Crippen molar-refractivity contribution in [1.29, 1.82) is 0 Å². The van der Waals surface area contributed by atoms with E-state index in [9.17, 15) is 0 Å². The molecule has 80 valence electrons. The van der Waals surface area contributed by atoms with Gasteiger partial charge in [0.15, 0.2) is 0 Å². The monoisotopic (exact) mass is 196 g/mol. The molecule has 0 amide bonds. The molecular formula is C12H20O2. The summed E-state index contributed by atoms with van der Waals surface area (Å²) < 4.78 is 11.2. The second-order valence-corrected chi connectivity index (χ2v) is 5.41. The third kappa shape index (κ3) is 1.10. The van der Waals surface area contributed by atoms with Crippen molar-refractivity contribution in [3.8, 4) is 0 Å². The second kappa shape index (κ2) is 2.96. The summed E-state index contributed by atoms with van der Waals surface area (Å²) in [4.78, 5) is 0. The smallest absolute Gasteiger partial charge is 0.0873 e. The molecule has 1 aliphatic heterocycles. The van der Waals surface area contributed by atoms with E-state index in [1.54, 1.807) is 0 Å². The highest BCUT2D eigenvalue weighted by Gasteiger charge is 2.58. The molecule has 1 saturated heterocycles. The van der Waals surface area contributed by atoms with E-state index >= 15 is 0 Å². The van der Waals surface area contributed by atoms with Gasteiger partial charge in [0, 0.05) is 7.11 Å². The van der Waals surface area contributed by atoms with Crippen LogP contribution in [0.1, 0.15) is 26.7 Å². The van der Waals surface area contributed by atoms with Crippen molar-refractivity contribution < 1.29 is 9.47 Å². The number of fused-ring (bicyclic) bond motifs is 2. The first-order valence-electron chi connectivity index (χ1n) is 5.90. The average Bonchev–Trinajstić information content (AvgIpc) is 2.62. The molecule has 0 aromatic carbocycles. The lowest BCUT2D eigenvalue weighted by molar-refractivity contribution is 0.00971. The Hall–Kier alpha value is -0.0800. The van der Waals surface area contributed by atoms with Gasteiger partial charge in [0.25, 0.3) is 0 Å². The fourth-order valence-electron chi connectivity index (χ4n) is 4.03. The topological polar surface area (TPSA) is 21.8 Å². The summed E-state index contributed by atoms with van der Waals surface area (Å²) in [5.74, 6) is 3.34. The Labute approximate surface area is 86.0 Å². The van der Waals surface area contributed by atoms with Crippen LogP contribution in [0.15, 0.2) is 0 Å². The standard InChI is InChI=1S/C12H20O2/c1-6-8-4-9(10(5-8)13-3)11(6)12-7(2)14-12/h6-12H,4-5H2,1-3H3. The normalized spacial score (nSPS) is 60.6. The highest BCUT2D eigenvalue weighted by molar-refractivity contribution is 5.06. The Morgan fingerprint density at radius 1 is 1.21 bits per heavy atom. The van der Waals surface area contributed by atoms with E-state index in [4.69, 9.17) is 9.47 Å². The van der Waals surface area contributed by atoms with Gasteiger partial charge in [-0.2, -0.15) is 0 Å². The van der Waals surface area contributed by atoms with Crippen LogP contribution in [0.25, 0.3) is 0 Å². The molecule has 3 aliphatic rings. The van der Waals surface area contributed by atoms with Crippen LogP contribution in [0.2, 0.25) is 0 Å². The Bertz CT molecular complexity index is 240. The fraction of sp³-hybridized carbons (Fsp3) is 1.00. The molecule has 14 heavy (non-hydrogen) atoms. The highest BCUT2D eigenvalue weighted by atomic mass is 16.6. The fourth-order valence-corrected chi connectivity index (χ4v) is 4.03. The summed E-state index contributed by atoms with van der Waals surface area (Å²) in [6, 6.07) is 0. The number of rotatable bonds is 2. The van der Waals surface area contributed by atoms with Crippen molar-refractivity contribution in [3.63, 3.8) is 0 Å². The minimum atomic E-state index is 0.513. The number of hydrogen-bond acceptors (Lipinski definition) is 2. The van der Waals surface area contributed by atoms with Crippen LogP contribution in [0.5, 0.6) is 0 Å². The van der Waals surface area contributed by atoms with Gasteiger partial charge in [-0.1, -0.05) is 6.92 Å². The largest absolute Gasteiger partial charge is 0.381 e. The summed E-state index contributed by atoms with van der Waals surface area (Å²) in [7, 11) is 1.87. The molecule has 0 N–H and O–H groups in total. The van der Waals surface area contributed by atoms with Gasteiger partial charge in [-0.3, -0.25) is 0 Å². The Morgan fingerprint density at radius 3 is 2.43 bits per heavy atom. The van der Waals surface area contributed by atoms with Gasteiger partial charge in [-0.25, -0.2) is 0 Å². The molecule has 2 aliphatic carbocycles. The highest BCUT2D eigenvalue weighted by Crippen LogP contribution is 2.57. The molecule has 2 heteroatoms. The molecule has 2 bridgehead atoms. The molecule has 1 heterocycles. The van der Waals surface area contributed by atoms with Gasteiger partial charge >= 0.3 is 0 Å². The zero-order valence-corrected chi connectivity index (χ0v) is 9.27. The van der Waals surface area contributed by atoms with Gasteiger partial charge in [0.2, 0.25) is 0 Å². The van der Waals surface area contributed by atoms with Crippen LogP contribution in [0.4, 0.5) is 0 Å². The zero-order valence-electron chi connectivity index (χ0n) is 9.27. The van der Waals surface area contributed by atoms with Crippen LogP contribution in [-0.4, -0.2) is 25.4 Å². The second-order valence-electron chi connectivity index (χ2n) is 5.41. The molecule has 0 spiro atoms. The first kappa shape index (κ1) is 9.17. The van der Waals surface area contributed by atoms with E-state index in [1.807, 2.05) is 7.11 Å². The molecule has 7 unspecified atom stereocenters. The number of epoxide rings is 1. The Balaban J connectivity index is 1.78. The van der Waals surface area contributed by atoms with E-state index in [0.717, 1.165) is 23.7 Å². The molecule has 0 aromatic heterocycles. The van der Waals surface area contributed by atoms with Gasteiger partial charge in [-0.05, 0) is 43.4 Å². The van der Waals surface area contributed by atoms with E-state index in [-0.39, 0.29) is 0 Å². The molecule has 7 atom stereocenters. The van der Waals surface area contributed by atoms with Crippen molar-refractivity contribution in [2.45, 2.75) is 45.0 Å². The van der Waals surface area contributed by atoms with Crippen LogP contribution in [-0.2, 0) is 9.47 Å². The first-order chi connectivity index (χ1) is 6.72. The first-order valence-corrected chi connectivity index (χ1v) is 5.90. The van der Waals surface area contributed by atoms with Crippen LogP contribution >= 0.6 is 0 Å². The summed E-state index contributed by atoms with van der Waals surface area (Å²) in [5, 5.41) is 0. The number of ether oxygens (including phenoxy) is 2. The molecule has 2 saturated carbocycles. The zero-order chi connectivity index (χ0) is 9.87. The van der Waals surface area contributed by atoms with Gasteiger partial charge < -0.3 is 9.47 Å². The van der Waals surface area contributed by atoms with Crippen molar-refractivity contribution >= 4 is 0 Å². The quantitative estimate of drug-likeness (QED) is 0.631. The summed E-state index contributed by atoms with van der Waals surface area (Å²) in [6.07, 6.45) is 4.27. The molecular weight excluding hydrogens is 176 g/mol. The van der Waals surface area contributed by atoms with Crippen molar-refractivity contribution in [3.05, 3.63) is 0 Å². The average molecular weight is 196 g/mol. The minimum Gasteiger partial charge on any atom is -0.381 e. The van der Waals surface area contributed by atoms with Crippen molar-refractivity contribution in [1.82, 2.24) is 0 Å². The van der Waals surface area contributed by atoms with E-state index < -0.39 is 0 Å². The van der Waals surface area contributed by atoms with E-state index in [0.29, 0.717) is 18.3 Å². The predicted octanol–water partition coefficient (Wildman–Crippen LogP) is 2.08. The van der Waals surface area contributed by atoms with E-state index in [1.165, 1.54) is 12.8 Å². The molecule has 0 radical (unpaired) electrons. The molecule has 2 nitrogen and oxygen atoms in total. The maximum atomic E-state index is 5.66. The summed E-state index contributed by atoms with van der Waals surface area (Å²) >= 11 is 0. The van der Waals surface area contributed by atoms with Gasteiger partial charge in [0.05, 0.1) is 18.3 Å². The van der Waals surface area contributed by atoms with Crippen LogP contribution in [0, 0.1) is 23.7 Å². The summed E-state index contributed by atoms with van der Waals surface area (Å²) in [5.41, 5.74) is 0. The van der Waals surface area contributed by atoms with E-state index in [2.05, 4.69) is 13.8 Å². The molecule has 0 aromatic rings. The van der Waals surface area contributed by atoms with Crippen molar-refractivity contribution in [2.24, 2.45) is 23.7 Å². The van der Waals surface area contributed by atoms with Crippen LogP contribution < -0.4 is 0 Å². The SMILES string of the molecule is COC1CC2CC1C(C1OC1C)C2C. The van der Waals surface area contributed by atoms with Crippen molar-refractivity contribution in [2.75, 3.05) is 7.11 Å². The number of methoxy groups -OCH3 is 1. The third-order valence-electron chi connectivity index (χ3n) is 4.87.